The number of rotatable bonds is 4. The summed E-state index contributed by atoms with van der Waals surface area (Å²) in [5.74, 6) is 1.20. The second-order valence-corrected chi connectivity index (χ2v) is 7.09. The highest BCUT2D eigenvalue weighted by Crippen LogP contribution is 2.34. The third-order valence-electron chi connectivity index (χ3n) is 5.47. The van der Waals surface area contributed by atoms with E-state index in [2.05, 4.69) is 27.2 Å². The van der Waals surface area contributed by atoms with E-state index in [1.165, 1.54) is 24.9 Å². The van der Waals surface area contributed by atoms with E-state index < -0.39 is 0 Å². The second kappa shape index (κ2) is 5.67. The van der Waals surface area contributed by atoms with Crippen molar-refractivity contribution in [2.24, 2.45) is 5.92 Å². The molecule has 4 heteroatoms. The number of nitrogens with one attached hydrogen (secondary N) is 1. The van der Waals surface area contributed by atoms with Gasteiger partial charge in [-0.3, -0.25) is 10.1 Å². The van der Waals surface area contributed by atoms with Crippen molar-refractivity contribution >= 4 is 5.91 Å². The Bertz CT molecular complexity index is 533. The normalized spacial score (nSPS) is 25.1. The zero-order valence-electron chi connectivity index (χ0n) is 13.1. The fourth-order valence-corrected chi connectivity index (χ4v) is 3.89. The Labute approximate surface area is 132 Å². The maximum Gasteiger partial charge on any atom is 0.238 e. The first kappa shape index (κ1) is 14.2. The van der Waals surface area contributed by atoms with Crippen LogP contribution in [-0.4, -0.2) is 47.5 Å². The monoisotopic (exact) mass is 299 g/mol. The highest BCUT2D eigenvalue weighted by atomic mass is 16.2. The number of amides is 1. The molecule has 1 spiro atoms. The van der Waals surface area contributed by atoms with Crippen LogP contribution in [0.25, 0.3) is 0 Å². The van der Waals surface area contributed by atoms with E-state index in [1.54, 1.807) is 0 Å². The van der Waals surface area contributed by atoms with Crippen LogP contribution in [0, 0.1) is 5.92 Å². The number of likely N-dealkylation sites (tertiary alicyclic amines) is 1. The van der Waals surface area contributed by atoms with Crippen LogP contribution in [0.1, 0.15) is 31.2 Å². The maximum atomic E-state index is 12.4. The smallest absolute Gasteiger partial charge is 0.238 e. The third-order valence-corrected chi connectivity index (χ3v) is 5.47. The molecule has 0 radical (unpaired) electrons. The third kappa shape index (κ3) is 2.77. The van der Waals surface area contributed by atoms with Gasteiger partial charge in [-0.2, -0.15) is 0 Å². The summed E-state index contributed by atoms with van der Waals surface area (Å²) in [5.41, 5.74) is 1.12. The van der Waals surface area contributed by atoms with Gasteiger partial charge in [0, 0.05) is 26.2 Å². The van der Waals surface area contributed by atoms with E-state index in [0.717, 1.165) is 38.4 Å². The molecule has 4 nitrogen and oxygen atoms in total. The van der Waals surface area contributed by atoms with Crippen molar-refractivity contribution in [3.05, 3.63) is 35.9 Å². The molecule has 1 aliphatic carbocycles. The van der Waals surface area contributed by atoms with Gasteiger partial charge in [-0.15, -0.1) is 0 Å². The summed E-state index contributed by atoms with van der Waals surface area (Å²) in [7, 11) is 0. The van der Waals surface area contributed by atoms with Gasteiger partial charge in [0.15, 0.2) is 0 Å². The molecule has 1 saturated carbocycles. The Morgan fingerprint density at radius 1 is 1.14 bits per heavy atom. The lowest BCUT2D eigenvalue weighted by Gasteiger charge is -2.44. The van der Waals surface area contributed by atoms with Gasteiger partial charge in [0.1, 0.15) is 0 Å². The highest BCUT2D eigenvalue weighted by molar-refractivity contribution is 5.81. The molecule has 0 unspecified atom stereocenters. The van der Waals surface area contributed by atoms with Crippen LogP contribution in [0.2, 0.25) is 0 Å². The molecule has 0 aromatic heterocycles. The van der Waals surface area contributed by atoms with Gasteiger partial charge in [0.2, 0.25) is 5.91 Å². The summed E-state index contributed by atoms with van der Waals surface area (Å²) in [4.78, 5) is 17.1. The topological polar surface area (TPSA) is 35.6 Å². The van der Waals surface area contributed by atoms with Crippen LogP contribution in [-0.2, 0) is 11.3 Å². The first-order chi connectivity index (χ1) is 10.8. The van der Waals surface area contributed by atoms with Gasteiger partial charge >= 0.3 is 0 Å². The lowest BCUT2D eigenvalue weighted by atomic mass is 9.95. The van der Waals surface area contributed by atoms with Gasteiger partial charge in [-0.1, -0.05) is 30.3 Å². The Hall–Kier alpha value is -1.39. The van der Waals surface area contributed by atoms with Crippen LogP contribution in [0.5, 0.6) is 0 Å². The Balaban J connectivity index is 1.44. The molecule has 2 aliphatic heterocycles. The minimum Gasteiger partial charge on any atom is -0.319 e. The summed E-state index contributed by atoms with van der Waals surface area (Å²) in [6.07, 6.45) is 4.94. The number of hydrogen-bond donors (Lipinski definition) is 1. The van der Waals surface area contributed by atoms with Crippen molar-refractivity contribution in [3.63, 3.8) is 0 Å². The number of carbonyl (C=O) groups excluding carboxylic acids is 1. The highest BCUT2D eigenvalue weighted by Gasteiger charge is 2.46. The lowest BCUT2D eigenvalue weighted by Crippen LogP contribution is -2.58. The van der Waals surface area contributed by atoms with Gasteiger partial charge in [0.25, 0.3) is 0 Å². The molecule has 118 valence electrons. The molecule has 1 amide bonds. The zero-order chi connectivity index (χ0) is 15.0. The summed E-state index contributed by atoms with van der Waals surface area (Å²) < 4.78 is 0. The fourth-order valence-electron chi connectivity index (χ4n) is 3.89. The zero-order valence-corrected chi connectivity index (χ0v) is 13.1. The molecule has 1 aromatic carbocycles. The summed E-state index contributed by atoms with van der Waals surface area (Å²) in [6.45, 7) is 4.72. The minimum absolute atomic E-state index is 0.104. The molecule has 0 atom stereocenters. The summed E-state index contributed by atoms with van der Waals surface area (Å²) in [5, 5.41) is 3.53. The molecule has 4 rings (SSSR count). The van der Waals surface area contributed by atoms with E-state index in [1.807, 2.05) is 18.2 Å². The predicted molar refractivity (Wildman–Crippen MR) is 86.1 cm³/mol. The van der Waals surface area contributed by atoms with E-state index in [0.29, 0.717) is 6.54 Å². The molecule has 3 fully saturated rings. The molecule has 22 heavy (non-hydrogen) atoms. The molecule has 3 aliphatic rings. The molecular formula is C18H25N3O. The van der Waals surface area contributed by atoms with Crippen LogP contribution >= 0.6 is 0 Å². The van der Waals surface area contributed by atoms with E-state index in [-0.39, 0.29) is 11.6 Å². The van der Waals surface area contributed by atoms with Gasteiger partial charge in [0.05, 0.1) is 12.2 Å². The average molecular weight is 299 g/mol. The van der Waals surface area contributed by atoms with Crippen molar-refractivity contribution in [1.29, 1.82) is 0 Å². The number of piperidine rings is 1. The second-order valence-electron chi connectivity index (χ2n) is 7.09. The average Bonchev–Trinajstić information content (AvgIpc) is 3.32. The van der Waals surface area contributed by atoms with Crippen molar-refractivity contribution in [3.8, 4) is 0 Å². The Morgan fingerprint density at radius 3 is 2.55 bits per heavy atom. The quantitative estimate of drug-likeness (QED) is 0.921. The van der Waals surface area contributed by atoms with Gasteiger partial charge < -0.3 is 9.80 Å². The molecule has 0 bridgehead atoms. The van der Waals surface area contributed by atoms with E-state index >= 15 is 0 Å². The van der Waals surface area contributed by atoms with Crippen molar-refractivity contribution < 1.29 is 4.79 Å². The summed E-state index contributed by atoms with van der Waals surface area (Å²) in [6, 6.07) is 10.4. The molecular weight excluding hydrogens is 274 g/mol. The number of nitrogens with zero attached hydrogens (tertiary/aromatic N) is 2. The van der Waals surface area contributed by atoms with Crippen LogP contribution in [0.15, 0.2) is 30.3 Å². The standard InChI is InChI=1S/C18H25N3O/c22-17-12-19-18(21(17)14-15-4-2-1-3-5-15)8-10-20(11-9-18)13-16-6-7-16/h1-5,16,19H,6-14H2. The lowest BCUT2D eigenvalue weighted by molar-refractivity contribution is -0.132. The first-order valence-corrected chi connectivity index (χ1v) is 8.57. The van der Waals surface area contributed by atoms with Gasteiger partial charge in [-0.05, 0) is 37.2 Å². The largest absolute Gasteiger partial charge is 0.319 e. The molecule has 1 N–H and O–H groups in total. The molecule has 2 heterocycles. The Morgan fingerprint density at radius 2 is 1.86 bits per heavy atom. The number of carbonyl (C=O) groups is 1. The minimum atomic E-state index is -0.104. The van der Waals surface area contributed by atoms with E-state index in [4.69, 9.17) is 0 Å². The van der Waals surface area contributed by atoms with Crippen LogP contribution in [0.4, 0.5) is 0 Å². The SMILES string of the molecule is O=C1CNC2(CCN(CC3CC3)CC2)N1Cc1ccccc1. The van der Waals surface area contributed by atoms with Gasteiger partial charge in [-0.25, -0.2) is 0 Å². The maximum absolute atomic E-state index is 12.4. The van der Waals surface area contributed by atoms with Crippen LogP contribution in [0.3, 0.4) is 0 Å². The first-order valence-electron chi connectivity index (χ1n) is 8.57. The summed E-state index contributed by atoms with van der Waals surface area (Å²) >= 11 is 0. The number of hydrogen-bond acceptors (Lipinski definition) is 3. The Kier molecular flexibility index (Phi) is 3.66. The molecule has 1 aromatic rings. The molecule has 2 saturated heterocycles. The van der Waals surface area contributed by atoms with Crippen molar-refractivity contribution in [2.75, 3.05) is 26.2 Å². The number of benzene rings is 1. The van der Waals surface area contributed by atoms with Crippen molar-refractivity contribution in [2.45, 2.75) is 37.9 Å². The fraction of sp³-hybridized carbons (Fsp3) is 0.611. The van der Waals surface area contributed by atoms with E-state index in [9.17, 15) is 4.79 Å². The van der Waals surface area contributed by atoms with Crippen LogP contribution < -0.4 is 5.32 Å². The van der Waals surface area contributed by atoms with Crippen molar-refractivity contribution in [1.82, 2.24) is 15.1 Å². The predicted octanol–water partition coefficient (Wildman–Crippen LogP) is 1.82.